The summed E-state index contributed by atoms with van der Waals surface area (Å²) < 4.78 is 2.00. The Balaban J connectivity index is 1.55. The average Bonchev–Trinajstić information content (AvgIpc) is 3.00. The van der Waals surface area contributed by atoms with Crippen molar-refractivity contribution in [2.45, 2.75) is 51.5 Å². The van der Waals surface area contributed by atoms with Gasteiger partial charge < -0.3 is 14.4 Å². The van der Waals surface area contributed by atoms with Gasteiger partial charge in [-0.15, -0.1) is 10.2 Å². The van der Waals surface area contributed by atoms with E-state index in [9.17, 15) is 4.79 Å². The Hall–Kier alpha value is -1.43. The van der Waals surface area contributed by atoms with Crippen LogP contribution in [0.3, 0.4) is 0 Å². The molecule has 2 fully saturated rings. The van der Waals surface area contributed by atoms with Crippen LogP contribution in [0, 0.1) is 5.92 Å². The molecule has 0 aromatic carbocycles. The van der Waals surface area contributed by atoms with E-state index in [-0.39, 0.29) is 5.92 Å². The SMILES string of the molecule is CC(C)N1CCCC(C(=O)N2CCC(c3nncn3C)CC2)C1. The second-order valence-electron chi connectivity index (χ2n) is 7.33. The van der Waals surface area contributed by atoms with Crippen LogP contribution < -0.4 is 0 Å². The second kappa shape index (κ2) is 6.99. The number of hydrogen-bond acceptors (Lipinski definition) is 4. The van der Waals surface area contributed by atoms with Gasteiger partial charge in [0.25, 0.3) is 0 Å². The molecule has 0 N–H and O–H groups in total. The van der Waals surface area contributed by atoms with Gasteiger partial charge in [-0.1, -0.05) is 0 Å². The summed E-state index contributed by atoms with van der Waals surface area (Å²) in [6.45, 7) is 8.22. The lowest BCUT2D eigenvalue weighted by Gasteiger charge is -2.39. The molecule has 6 heteroatoms. The molecule has 1 amide bonds. The van der Waals surface area contributed by atoms with Crippen LogP contribution >= 0.6 is 0 Å². The smallest absolute Gasteiger partial charge is 0.226 e. The fourth-order valence-electron chi connectivity index (χ4n) is 3.96. The van der Waals surface area contributed by atoms with Gasteiger partial charge in [-0.2, -0.15) is 0 Å². The fourth-order valence-corrected chi connectivity index (χ4v) is 3.96. The summed E-state index contributed by atoms with van der Waals surface area (Å²) in [6.07, 6.45) is 5.95. The van der Waals surface area contributed by atoms with Crippen molar-refractivity contribution < 1.29 is 4.79 Å². The molecule has 1 unspecified atom stereocenters. The fraction of sp³-hybridized carbons (Fsp3) is 0.824. The largest absolute Gasteiger partial charge is 0.342 e. The van der Waals surface area contributed by atoms with E-state index in [1.165, 1.54) is 0 Å². The molecular formula is C17H29N5O. The summed E-state index contributed by atoms with van der Waals surface area (Å²) in [5.41, 5.74) is 0. The van der Waals surface area contributed by atoms with E-state index in [2.05, 4.69) is 33.8 Å². The standard InChI is InChI=1S/C17H29N5O/c1-13(2)22-8-4-5-15(11-22)17(23)21-9-6-14(7-10-21)16-19-18-12-20(16)3/h12-15H,4-11H2,1-3H3. The third-order valence-electron chi connectivity index (χ3n) is 5.45. The van der Waals surface area contributed by atoms with Gasteiger partial charge in [-0.25, -0.2) is 0 Å². The Kier molecular flexibility index (Phi) is 4.99. The van der Waals surface area contributed by atoms with Crippen LogP contribution in [0.5, 0.6) is 0 Å². The number of carbonyl (C=O) groups excluding carboxylic acids is 1. The van der Waals surface area contributed by atoms with Gasteiger partial charge in [0, 0.05) is 38.6 Å². The Morgan fingerprint density at radius 1 is 1.22 bits per heavy atom. The van der Waals surface area contributed by atoms with Gasteiger partial charge in [0.1, 0.15) is 12.2 Å². The summed E-state index contributed by atoms with van der Waals surface area (Å²) >= 11 is 0. The van der Waals surface area contributed by atoms with E-state index in [0.29, 0.717) is 17.9 Å². The van der Waals surface area contributed by atoms with Gasteiger partial charge in [0.05, 0.1) is 5.92 Å². The van der Waals surface area contributed by atoms with Crippen LogP contribution in [-0.2, 0) is 11.8 Å². The normalized spacial score (nSPS) is 24.3. The molecule has 23 heavy (non-hydrogen) atoms. The van der Waals surface area contributed by atoms with E-state index < -0.39 is 0 Å². The zero-order valence-corrected chi connectivity index (χ0v) is 14.6. The van der Waals surface area contributed by atoms with Crippen LogP contribution in [0.4, 0.5) is 0 Å². The first-order chi connectivity index (χ1) is 11.1. The molecule has 0 spiro atoms. The molecule has 128 valence electrons. The quantitative estimate of drug-likeness (QED) is 0.850. The molecule has 1 aromatic rings. The lowest BCUT2D eigenvalue weighted by atomic mass is 9.92. The zero-order valence-electron chi connectivity index (χ0n) is 14.6. The third-order valence-corrected chi connectivity index (χ3v) is 5.45. The lowest BCUT2D eigenvalue weighted by molar-refractivity contribution is -0.138. The molecule has 2 aliphatic rings. The first kappa shape index (κ1) is 16.4. The van der Waals surface area contributed by atoms with Crippen molar-refractivity contribution in [1.82, 2.24) is 24.6 Å². The van der Waals surface area contributed by atoms with Crippen molar-refractivity contribution in [3.8, 4) is 0 Å². The molecule has 3 heterocycles. The number of aromatic nitrogens is 3. The number of amides is 1. The number of aryl methyl sites for hydroxylation is 1. The Morgan fingerprint density at radius 3 is 2.57 bits per heavy atom. The van der Waals surface area contributed by atoms with Crippen LogP contribution in [0.15, 0.2) is 6.33 Å². The summed E-state index contributed by atoms with van der Waals surface area (Å²) in [6, 6.07) is 0.534. The van der Waals surface area contributed by atoms with Gasteiger partial charge in [0.15, 0.2) is 0 Å². The molecule has 6 nitrogen and oxygen atoms in total. The number of piperidine rings is 2. The number of carbonyl (C=O) groups is 1. The summed E-state index contributed by atoms with van der Waals surface area (Å²) in [4.78, 5) is 17.4. The number of hydrogen-bond donors (Lipinski definition) is 0. The monoisotopic (exact) mass is 319 g/mol. The van der Waals surface area contributed by atoms with Gasteiger partial charge in [-0.05, 0) is 46.1 Å². The molecule has 2 aliphatic heterocycles. The molecule has 0 radical (unpaired) electrons. The van der Waals surface area contributed by atoms with Crippen LogP contribution in [0.25, 0.3) is 0 Å². The highest BCUT2D eigenvalue weighted by molar-refractivity contribution is 5.79. The second-order valence-corrected chi connectivity index (χ2v) is 7.33. The first-order valence-corrected chi connectivity index (χ1v) is 8.93. The maximum atomic E-state index is 12.8. The number of rotatable bonds is 3. The Labute approximate surface area is 138 Å². The topological polar surface area (TPSA) is 54.3 Å². The molecule has 3 rings (SSSR count). The van der Waals surface area contributed by atoms with Crippen molar-refractivity contribution in [2.75, 3.05) is 26.2 Å². The number of likely N-dealkylation sites (tertiary alicyclic amines) is 2. The molecule has 1 aromatic heterocycles. The van der Waals surface area contributed by atoms with Gasteiger partial charge in [-0.3, -0.25) is 4.79 Å². The van der Waals surface area contributed by atoms with Crippen LogP contribution in [0.2, 0.25) is 0 Å². The number of nitrogens with zero attached hydrogens (tertiary/aromatic N) is 5. The predicted molar refractivity (Wildman–Crippen MR) is 89.0 cm³/mol. The zero-order chi connectivity index (χ0) is 16.4. The Morgan fingerprint density at radius 2 is 1.96 bits per heavy atom. The summed E-state index contributed by atoms with van der Waals surface area (Å²) in [7, 11) is 2.00. The van der Waals surface area contributed by atoms with Crippen molar-refractivity contribution in [3.63, 3.8) is 0 Å². The van der Waals surface area contributed by atoms with E-state index in [1.54, 1.807) is 6.33 Å². The highest BCUT2D eigenvalue weighted by Crippen LogP contribution is 2.28. The maximum absolute atomic E-state index is 12.8. The van der Waals surface area contributed by atoms with E-state index in [1.807, 2.05) is 11.6 Å². The lowest BCUT2D eigenvalue weighted by Crippen LogP contribution is -2.48. The van der Waals surface area contributed by atoms with Crippen molar-refractivity contribution in [3.05, 3.63) is 12.2 Å². The van der Waals surface area contributed by atoms with E-state index >= 15 is 0 Å². The van der Waals surface area contributed by atoms with Crippen LogP contribution in [0.1, 0.15) is 51.3 Å². The highest BCUT2D eigenvalue weighted by Gasteiger charge is 2.33. The molecular weight excluding hydrogens is 290 g/mol. The first-order valence-electron chi connectivity index (χ1n) is 8.93. The van der Waals surface area contributed by atoms with E-state index in [4.69, 9.17) is 0 Å². The van der Waals surface area contributed by atoms with Crippen LogP contribution in [-0.4, -0.2) is 62.7 Å². The summed E-state index contributed by atoms with van der Waals surface area (Å²) in [5.74, 6) is 2.05. The van der Waals surface area contributed by atoms with Gasteiger partial charge in [0.2, 0.25) is 5.91 Å². The minimum atomic E-state index is 0.192. The predicted octanol–water partition coefficient (Wildman–Crippen LogP) is 1.64. The minimum Gasteiger partial charge on any atom is -0.342 e. The molecule has 0 saturated carbocycles. The molecule has 0 bridgehead atoms. The maximum Gasteiger partial charge on any atom is 0.226 e. The van der Waals surface area contributed by atoms with Crippen molar-refractivity contribution in [2.24, 2.45) is 13.0 Å². The molecule has 1 atom stereocenters. The van der Waals surface area contributed by atoms with Crippen molar-refractivity contribution >= 4 is 5.91 Å². The third kappa shape index (κ3) is 3.57. The Bertz CT molecular complexity index is 533. The van der Waals surface area contributed by atoms with Gasteiger partial charge >= 0.3 is 0 Å². The highest BCUT2D eigenvalue weighted by atomic mass is 16.2. The minimum absolute atomic E-state index is 0.192. The van der Waals surface area contributed by atoms with Crippen molar-refractivity contribution in [1.29, 1.82) is 0 Å². The summed E-state index contributed by atoms with van der Waals surface area (Å²) in [5, 5.41) is 8.21. The van der Waals surface area contributed by atoms with E-state index in [0.717, 1.165) is 57.7 Å². The molecule has 2 saturated heterocycles. The average molecular weight is 319 g/mol. The molecule has 0 aliphatic carbocycles.